The zero-order chi connectivity index (χ0) is 14.1. The number of carbonyl (C=O) groups excluding carboxylic acids is 1. The Hall–Kier alpha value is -1.60. The molecule has 0 bridgehead atoms. The summed E-state index contributed by atoms with van der Waals surface area (Å²) >= 11 is 0. The van der Waals surface area contributed by atoms with Crippen molar-refractivity contribution in [1.82, 2.24) is 0 Å². The van der Waals surface area contributed by atoms with E-state index in [-0.39, 0.29) is 5.41 Å². The average molecular weight is 259 g/mol. The number of benzene rings is 1. The van der Waals surface area contributed by atoms with E-state index >= 15 is 0 Å². The molecular weight excluding hydrogens is 238 g/mol. The van der Waals surface area contributed by atoms with Crippen LogP contribution < -0.4 is 4.74 Å². The second-order valence-corrected chi connectivity index (χ2v) is 6.22. The summed E-state index contributed by atoms with van der Waals surface area (Å²) in [7, 11) is 1.69. The lowest BCUT2D eigenvalue weighted by Gasteiger charge is -2.39. The Kier molecular flexibility index (Phi) is 3.51. The van der Waals surface area contributed by atoms with Crippen LogP contribution in [-0.4, -0.2) is 13.2 Å². The Morgan fingerprint density at radius 3 is 2.42 bits per heavy atom. The van der Waals surface area contributed by atoms with E-state index < -0.39 is 5.54 Å². The van der Waals surface area contributed by atoms with E-state index in [4.69, 9.17) is 4.74 Å². The molecular formula is C16H21NO2. The van der Waals surface area contributed by atoms with Gasteiger partial charge in [-0.25, -0.2) is 4.79 Å². The molecule has 3 nitrogen and oxygen atoms in total. The summed E-state index contributed by atoms with van der Waals surface area (Å²) in [6.45, 7) is 6.47. The summed E-state index contributed by atoms with van der Waals surface area (Å²) in [5.41, 5.74) is 1.77. The maximum absolute atomic E-state index is 10.7. The monoisotopic (exact) mass is 259 g/mol. The Morgan fingerprint density at radius 1 is 1.32 bits per heavy atom. The van der Waals surface area contributed by atoms with Gasteiger partial charge in [0.2, 0.25) is 6.08 Å². The molecule has 0 spiro atoms. The third-order valence-corrected chi connectivity index (χ3v) is 3.97. The topological polar surface area (TPSA) is 38.7 Å². The molecule has 0 aliphatic heterocycles. The Bertz CT molecular complexity index is 518. The minimum absolute atomic E-state index is 0.00279. The van der Waals surface area contributed by atoms with Crippen molar-refractivity contribution in [1.29, 1.82) is 0 Å². The Labute approximate surface area is 114 Å². The van der Waals surface area contributed by atoms with E-state index in [1.54, 1.807) is 13.2 Å². The lowest BCUT2D eigenvalue weighted by Crippen LogP contribution is -2.33. The number of nitrogens with zero attached hydrogens (tertiary/aromatic N) is 1. The fourth-order valence-electron chi connectivity index (χ4n) is 2.75. The molecule has 0 aromatic heterocycles. The number of ether oxygens (including phenoxy) is 1. The van der Waals surface area contributed by atoms with Crippen molar-refractivity contribution >= 4 is 6.08 Å². The first-order valence-corrected chi connectivity index (χ1v) is 6.71. The average Bonchev–Trinajstić information content (AvgIpc) is 2.31. The zero-order valence-electron chi connectivity index (χ0n) is 12.1. The van der Waals surface area contributed by atoms with Crippen LogP contribution in [0.25, 0.3) is 0 Å². The summed E-state index contributed by atoms with van der Waals surface area (Å²) in [6, 6.07) is 6.13. The summed E-state index contributed by atoms with van der Waals surface area (Å²) in [6.07, 6.45) is 4.62. The molecule has 1 aromatic carbocycles. The number of hydrogen-bond donors (Lipinski definition) is 0. The largest absolute Gasteiger partial charge is 0.496 e. The van der Waals surface area contributed by atoms with Crippen LogP contribution in [0.15, 0.2) is 23.2 Å². The highest BCUT2D eigenvalue weighted by molar-refractivity contribution is 5.51. The van der Waals surface area contributed by atoms with Crippen LogP contribution in [0.4, 0.5) is 0 Å². The van der Waals surface area contributed by atoms with Gasteiger partial charge in [-0.3, -0.25) is 0 Å². The second-order valence-electron chi connectivity index (χ2n) is 6.22. The number of methoxy groups -OCH3 is 1. The van der Waals surface area contributed by atoms with Gasteiger partial charge in [0.25, 0.3) is 0 Å². The van der Waals surface area contributed by atoms with Gasteiger partial charge in [-0.1, -0.05) is 39.0 Å². The van der Waals surface area contributed by atoms with E-state index in [0.29, 0.717) is 0 Å². The van der Waals surface area contributed by atoms with E-state index in [9.17, 15) is 4.79 Å². The first-order chi connectivity index (χ1) is 8.94. The summed E-state index contributed by atoms with van der Waals surface area (Å²) in [5, 5.41) is 0. The molecule has 0 amide bonds. The molecule has 1 aliphatic rings. The third kappa shape index (κ3) is 2.31. The quantitative estimate of drug-likeness (QED) is 0.613. The van der Waals surface area contributed by atoms with Crippen LogP contribution in [0, 0.1) is 0 Å². The standard InChI is InChI=1S/C16H21NO2/c1-15(2,3)12-7-5-8-13(14(12)19-4)16(17-11-18)9-6-10-16/h5,7-8H,6,9-10H2,1-4H3. The Balaban J connectivity index is 2.61. The molecule has 1 aromatic rings. The van der Waals surface area contributed by atoms with Crippen molar-refractivity contribution in [2.75, 3.05) is 7.11 Å². The van der Waals surface area contributed by atoms with Gasteiger partial charge in [0.1, 0.15) is 11.3 Å². The second kappa shape index (κ2) is 4.82. The van der Waals surface area contributed by atoms with Crippen LogP contribution in [0.3, 0.4) is 0 Å². The van der Waals surface area contributed by atoms with Gasteiger partial charge >= 0.3 is 0 Å². The van der Waals surface area contributed by atoms with Gasteiger partial charge in [0.05, 0.1) is 7.11 Å². The molecule has 19 heavy (non-hydrogen) atoms. The van der Waals surface area contributed by atoms with E-state index in [2.05, 4.69) is 31.8 Å². The van der Waals surface area contributed by atoms with Gasteiger partial charge in [-0.15, -0.1) is 0 Å². The zero-order valence-corrected chi connectivity index (χ0v) is 12.1. The molecule has 1 aliphatic carbocycles. The van der Waals surface area contributed by atoms with Crippen molar-refractivity contribution in [3.05, 3.63) is 29.3 Å². The Morgan fingerprint density at radius 2 is 2.00 bits per heavy atom. The molecule has 1 fully saturated rings. The minimum atomic E-state index is -0.408. The molecule has 0 radical (unpaired) electrons. The van der Waals surface area contributed by atoms with Crippen molar-refractivity contribution in [3.8, 4) is 5.75 Å². The van der Waals surface area contributed by atoms with Crippen molar-refractivity contribution in [2.45, 2.75) is 51.0 Å². The van der Waals surface area contributed by atoms with E-state index in [1.165, 1.54) is 0 Å². The maximum Gasteiger partial charge on any atom is 0.235 e. The normalized spacial score (nSPS) is 17.3. The predicted octanol–water partition coefficient (Wildman–Crippen LogP) is 3.71. The third-order valence-electron chi connectivity index (χ3n) is 3.97. The van der Waals surface area contributed by atoms with Gasteiger partial charge in [-0.2, -0.15) is 4.99 Å². The number of para-hydroxylation sites is 1. The number of aliphatic imine (C=N–C) groups is 1. The number of hydrogen-bond acceptors (Lipinski definition) is 3. The highest BCUT2D eigenvalue weighted by atomic mass is 16.5. The molecule has 2 rings (SSSR count). The van der Waals surface area contributed by atoms with E-state index in [0.717, 1.165) is 36.1 Å². The van der Waals surface area contributed by atoms with Crippen LogP contribution in [-0.2, 0) is 15.7 Å². The maximum atomic E-state index is 10.7. The highest BCUT2D eigenvalue weighted by Gasteiger charge is 2.42. The van der Waals surface area contributed by atoms with Crippen LogP contribution in [0.2, 0.25) is 0 Å². The minimum Gasteiger partial charge on any atom is -0.496 e. The van der Waals surface area contributed by atoms with Gasteiger partial charge in [-0.05, 0) is 30.2 Å². The SMILES string of the molecule is COc1c(C(C)(C)C)cccc1C1(N=C=O)CCC1. The summed E-state index contributed by atoms with van der Waals surface area (Å²) < 4.78 is 5.64. The molecule has 0 N–H and O–H groups in total. The van der Waals surface area contributed by atoms with Crippen molar-refractivity contribution in [3.63, 3.8) is 0 Å². The first kappa shape index (κ1) is 13.8. The first-order valence-electron chi connectivity index (χ1n) is 6.71. The highest BCUT2D eigenvalue weighted by Crippen LogP contribution is 2.50. The molecule has 1 saturated carbocycles. The number of rotatable bonds is 3. The van der Waals surface area contributed by atoms with Gasteiger partial charge < -0.3 is 4.74 Å². The molecule has 0 heterocycles. The molecule has 3 heteroatoms. The van der Waals surface area contributed by atoms with Crippen LogP contribution in [0.1, 0.15) is 51.2 Å². The van der Waals surface area contributed by atoms with Crippen molar-refractivity contribution < 1.29 is 9.53 Å². The molecule has 102 valence electrons. The summed E-state index contributed by atoms with van der Waals surface area (Å²) in [5.74, 6) is 0.869. The number of isocyanates is 1. The van der Waals surface area contributed by atoms with Gasteiger partial charge in [0, 0.05) is 5.56 Å². The van der Waals surface area contributed by atoms with Crippen LogP contribution >= 0.6 is 0 Å². The van der Waals surface area contributed by atoms with E-state index in [1.807, 2.05) is 12.1 Å². The fraction of sp³-hybridized carbons (Fsp3) is 0.562. The fourth-order valence-corrected chi connectivity index (χ4v) is 2.75. The van der Waals surface area contributed by atoms with Gasteiger partial charge in [0.15, 0.2) is 0 Å². The van der Waals surface area contributed by atoms with Crippen molar-refractivity contribution in [2.24, 2.45) is 4.99 Å². The summed E-state index contributed by atoms with van der Waals surface area (Å²) in [4.78, 5) is 14.8. The predicted molar refractivity (Wildman–Crippen MR) is 75.3 cm³/mol. The lowest BCUT2D eigenvalue weighted by atomic mass is 9.70. The lowest BCUT2D eigenvalue weighted by molar-refractivity contribution is 0.244. The smallest absolute Gasteiger partial charge is 0.235 e. The molecule has 0 saturated heterocycles. The van der Waals surface area contributed by atoms with Crippen LogP contribution in [0.5, 0.6) is 5.75 Å². The molecule has 0 unspecified atom stereocenters. The molecule has 0 atom stereocenters.